The number of aliphatic hydroxyl groups excluding tert-OH is 3. The summed E-state index contributed by atoms with van der Waals surface area (Å²) in [6.07, 6.45) is 20.0. The van der Waals surface area contributed by atoms with E-state index in [9.17, 15) is 4.79 Å². The van der Waals surface area contributed by atoms with E-state index in [1.807, 2.05) is 6.92 Å². The average Bonchev–Trinajstić information content (AvgIpc) is 2.71. The summed E-state index contributed by atoms with van der Waals surface area (Å²) < 4.78 is 4.92. The van der Waals surface area contributed by atoms with Crippen molar-refractivity contribution in [2.75, 3.05) is 19.8 Å². The summed E-state index contributed by atoms with van der Waals surface area (Å²) in [6.45, 7) is 3.93. The number of ether oxygens (including phenoxy) is 1. The van der Waals surface area contributed by atoms with Gasteiger partial charge in [-0.15, -0.1) is 0 Å². The molecular weight excluding hydrogens is 356 g/mol. The maximum absolute atomic E-state index is 11.2. The molecule has 0 rings (SSSR count). The molecule has 0 aromatic carbocycles. The number of hydrogen-bond acceptors (Lipinski definition) is 5. The van der Waals surface area contributed by atoms with Gasteiger partial charge in [0, 0.05) is 6.42 Å². The summed E-state index contributed by atoms with van der Waals surface area (Å²) in [5.74, 6) is -0.0304. The van der Waals surface area contributed by atoms with Gasteiger partial charge >= 0.3 is 5.97 Å². The zero-order chi connectivity index (χ0) is 21.3. The van der Waals surface area contributed by atoms with Crippen LogP contribution in [0.5, 0.6) is 0 Å². The maximum atomic E-state index is 11.2. The molecule has 0 heterocycles. The molecule has 0 spiro atoms. The summed E-state index contributed by atoms with van der Waals surface area (Å²) in [5, 5.41) is 24.0. The van der Waals surface area contributed by atoms with E-state index < -0.39 is 6.10 Å². The lowest BCUT2D eigenvalue weighted by Crippen LogP contribution is -2.15. The molecular formula is C23H48O5. The molecule has 3 N–H and O–H groups in total. The molecule has 0 atom stereocenters. The van der Waals surface area contributed by atoms with Gasteiger partial charge in [0.15, 0.2) is 0 Å². The molecule has 170 valence electrons. The normalized spacial score (nSPS) is 10.6. The molecule has 0 aromatic heterocycles. The van der Waals surface area contributed by atoms with Crippen molar-refractivity contribution in [1.29, 1.82) is 0 Å². The second kappa shape index (κ2) is 26.4. The Morgan fingerprint density at radius 1 is 0.679 bits per heavy atom. The van der Waals surface area contributed by atoms with Crippen LogP contribution < -0.4 is 0 Å². The van der Waals surface area contributed by atoms with Crippen molar-refractivity contribution in [3.8, 4) is 0 Å². The standard InChI is InChI=1S/C20H40O2.C3H8O3/c1-3-5-6-7-8-9-10-11-12-13-14-15-16-17-18-19-20(21)22-4-2;4-1-3(6)2-5/h3-19H2,1-2H3;3-6H,1-2H2. The van der Waals surface area contributed by atoms with Crippen molar-refractivity contribution in [2.45, 2.75) is 123 Å². The Bertz CT molecular complexity index is 293. The molecule has 5 nitrogen and oxygen atoms in total. The smallest absolute Gasteiger partial charge is 0.305 e. The first kappa shape index (κ1) is 29.6. The zero-order valence-corrected chi connectivity index (χ0v) is 18.7. The quantitative estimate of drug-likeness (QED) is 0.205. The number of esters is 1. The fourth-order valence-corrected chi connectivity index (χ4v) is 2.93. The molecule has 28 heavy (non-hydrogen) atoms. The first-order valence-electron chi connectivity index (χ1n) is 11.7. The van der Waals surface area contributed by atoms with Crippen molar-refractivity contribution < 1.29 is 24.9 Å². The summed E-state index contributed by atoms with van der Waals surface area (Å²) in [5.41, 5.74) is 0. The van der Waals surface area contributed by atoms with Crippen LogP contribution in [0.3, 0.4) is 0 Å². The number of carbonyl (C=O) groups is 1. The number of unbranched alkanes of at least 4 members (excludes halogenated alkanes) is 14. The molecule has 5 heteroatoms. The molecule has 0 bridgehead atoms. The number of carbonyl (C=O) groups excluding carboxylic acids is 1. The van der Waals surface area contributed by atoms with Gasteiger partial charge < -0.3 is 20.1 Å². The first-order chi connectivity index (χ1) is 13.6. The Kier molecular flexibility index (Phi) is 27.8. The van der Waals surface area contributed by atoms with E-state index in [1.165, 1.54) is 89.9 Å². The van der Waals surface area contributed by atoms with Crippen LogP contribution in [-0.2, 0) is 9.53 Å². The minimum atomic E-state index is -0.954. The fourth-order valence-electron chi connectivity index (χ4n) is 2.93. The average molecular weight is 405 g/mol. The van der Waals surface area contributed by atoms with Crippen LogP contribution in [0.2, 0.25) is 0 Å². The van der Waals surface area contributed by atoms with E-state index >= 15 is 0 Å². The predicted molar refractivity (Wildman–Crippen MR) is 116 cm³/mol. The van der Waals surface area contributed by atoms with Gasteiger partial charge in [0.05, 0.1) is 19.8 Å². The van der Waals surface area contributed by atoms with Crippen LogP contribution in [0.25, 0.3) is 0 Å². The van der Waals surface area contributed by atoms with Crippen LogP contribution in [0, 0.1) is 0 Å². The van der Waals surface area contributed by atoms with Crippen LogP contribution in [0.15, 0.2) is 0 Å². The van der Waals surface area contributed by atoms with Gasteiger partial charge in [-0.3, -0.25) is 4.79 Å². The summed E-state index contributed by atoms with van der Waals surface area (Å²) >= 11 is 0. The molecule has 0 aromatic rings. The third-order valence-electron chi connectivity index (χ3n) is 4.71. The third-order valence-corrected chi connectivity index (χ3v) is 4.71. The Morgan fingerprint density at radius 2 is 1.04 bits per heavy atom. The topological polar surface area (TPSA) is 87.0 Å². The summed E-state index contributed by atoms with van der Waals surface area (Å²) in [6, 6.07) is 0. The van der Waals surface area contributed by atoms with E-state index in [1.54, 1.807) is 0 Å². The maximum Gasteiger partial charge on any atom is 0.305 e. The van der Waals surface area contributed by atoms with E-state index in [-0.39, 0.29) is 19.2 Å². The SMILES string of the molecule is CCCCCCCCCCCCCCCCCC(=O)OCC.OCC(O)CO. The number of aliphatic hydroxyl groups is 3. The molecule has 0 aliphatic heterocycles. The van der Waals surface area contributed by atoms with Gasteiger partial charge in [-0.05, 0) is 13.3 Å². The number of hydrogen-bond donors (Lipinski definition) is 3. The van der Waals surface area contributed by atoms with E-state index in [0.717, 1.165) is 6.42 Å². The van der Waals surface area contributed by atoms with Crippen molar-refractivity contribution in [3.63, 3.8) is 0 Å². The Labute approximate surface area is 173 Å². The minimum absolute atomic E-state index is 0.0304. The van der Waals surface area contributed by atoms with Crippen molar-refractivity contribution in [2.24, 2.45) is 0 Å². The van der Waals surface area contributed by atoms with E-state index in [4.69, 9.17) is 20.1 Å². The van der Waals surface area contributed by atoms with Crippen LogP contribution in [0.4, 0.5) is 0 Å². The van der Waals surface area contributed by atoms with Crippen LogP contribution in [0.1, 0.15) is 117 Å². The highest BCUT2D eigenvalue weighted by atomic mass is 16.5. The van der Waals surface area contributed by atoms with Gasteiger partial charge in [0.2, 0.25) is 0 Å². The van der Waals surface area contributed by atoms with Crippen molar-refractivity contribution in [3.05, 3.63) is 0 Å². The van der Waals surface area contributed by atoms with Gasteiger partial charge in [0.25, 0.3) is 0 Å². The highest BCUT2D eigenvalue weighted by Gasteiger charge is 2.00. The fraction of sp³-hybridized carbons (Fsp3) is 0.957. The first-order valence-corrected chi connectivity index (χ1v) is 11.7. The Hall–Kier alpha value is -0.650. The summed E-state index contributed by atoms with van der Waals surface area (Å²) in [4.78, 5) is 11.2. The lowest BCUT2D eigenvalue weighted by molar-refractivity contribution is -0.143. The Balaban J connectivity index is 0. The largest absolute Gasteiger partial charge is 0.466 e. The molecule has 0 aliphatic carbocycles. The molecule has 0 aliphatic rings. The molecule has 0 unspecified atom stereocenters. The summed E-state index contributed by atoms with van der Waals surface area (Å²) in [7, 11) is 0. The minimum Gasteiger partial charge on any atom is -0.466 e. The van der Waals surface area contributed by atoms with E-state index in [0.29, 0.717) is 13.0 Å². The molecule has 0 radical (unpaired) electrons. The second-order valence-electron chi connectivity index (χ2n) is 7.52. The van der Waals surface area contributed by atoms with Crippen LogP contribution >= 0.6 is 0 Å². The molecule has 0 amide bonds. The van der Waals surface area contributed by atoms with Gasteiger partial charge in [-0.1, -0.05) is 96.8 Å². The monoisotopic (exact) mass is 404 g/mol. The van der Waals surface area contributed by atoms with Crippen molar-refractivity contribution >= 4 is 5.97 Å². The third kappa shape index (κ3) is 27.6. The lowest BCUT2D eigenvalue weighted by Gasteiger charge is -2.03. The molecule has 0 saturated heterocycles. The zero-order valence-electron chi connectivity index (χ0n) is 18.7. The van der Waals surface area contributed by atoms with Gasteiger partial charge in [-0.2, -0.15) is 0 Å². The molecule has 0 saturated carbocycles. The van der Waals surface area contributed by atoms with Gasteiger partial charge in [-0.25, -0.2) is 0 Å². The number of rotatable bonds is 19. The lowest BCUT2D eigenvalue weighted by atomic mass is 10.0. The highest BCUT2D eigenvalue weighted by molar-refractivity contribution is 5.69. The molecule has 0 fully saturated rings. The Morgan fingerprint density at radius 3 is 1.32 bits per heavy atom. The highest BCUT2D eigenvalue weighted by Crippen LogP contribution is 2.13. The van der Waals surface area contributed by atoms with Gasteiger partial charge in [0.1, 0.15) is 6.10 Å². The predicted octanol–water partition coefficient (Wildman–Crippen LogP) is 5.14. The second-order valence-corrected chi connectivity index (χ2v) is 7.52. The van der Waals surface area contributed by atoms with Crippen LogP contribution in [-0.4, -0.2) is 47.2 Å². The van der Waals surface area contributed by atoms with Crippen molar-refractivity contribution in [1.82, 2.24) is 0 Å². The van der Waals surface area contributed by atoms with E-state index in [2.05, 4.69) is 6.92 Å².